The molecule has 0 fully saturated rings. The number of aromatic nitrogens is 2. The molecule has 1 unspecified atom stereocenters. The van der Waals surface area contributed by atoms with Gasteiger partial charge in [0.05, 0.1) is 6.10 Å². The number of hydrogen-bond acceptors (Lipinski definition) is 3. The van der Waals surface area contributed by atoms with Crippen LogP contribution in [0.25, 0.3) is 5.65 Å². The minimum Gasteiger partial charge on any atom is -0.476 e. The van der Waals surface area contributed by atoms with Gasteiger partial charge in [-0.3, -0.25) is 0 Å². The van der Waals surface area contributed by atoms with Crippen LogP contribution in [0.4, 0.5) is 0 Å². The van der Waals surface area contributed by atoms with E-state index < -0.39 is 5.97 Å². The number of imidazole rings is 1. The molecule has 0 amide bonds. The summed E-state index contributed by atoms with van der Waals surface area (Å²) >= 11 is 3.38. The molecule has 0 aliphatic carbocycles. The van der Waals surface area contributed by atoms with Gasteiger partial charge in [0.1, 0.15) is 5.65 Å². The first-order valence-electron chi connectivity index (χ1n) is 4.97. The maximum atomic E-state index is 10.9. The average molecular weight is 299 g/mol. The second-order valence-electron chi connectivity index (χ2n) is 3.65. The minimum absolute atomic E-state index is 0.0210. The van der Waals surface area contributed by atoms with Gasteiger partial charge >= 0.3 is 5.97 Å². The summed E-state index contributed by atoms with van der Waals surface area (Å²) in [5.74, 6) is -1.04. The second kappa shape index (κ2) is 4.46. The number of hydrogen-bond donors (Lipinski definition) is 1. The van der Waals surface area contributed by atoms with E-state index in [0.717, 1.165) is 10.0 Å². The van der Waals surface area contributed by atoms with E-state index in [1.807, 2.05) is 13.0 Å². The molecule has 0 bridgehead atoms. The zero-order valence-electron chi connectivity index (χ0n) is 9.35. The molecule has 0 aliphatic rings. The Bertz CT molecular complexity index is 579. The van der Waals surface area contributed by atoms with Crippen LogP contribution < -0.4 is 0 Å². The normalized spacial score (nSPS) is 12.9. The van der Waals surface area contributed by atoms with Crippen LogP contribution in [0.5, 0.6) is 0 Å². The number of carboxylic acid groups (broad SMARTS) is 1. The van der Waals surface area contributed by atoms with Crippen molar-refractivity contribution in [3.63, 3.8) is 0 Å². The second-order valence-corrected chi connectivity index (χ2v) is 4.57. The van der Waals surface area contributed by atoms with Crippen molar-refractivity contribution in [3.05, 3.63) is 34.2 Å². The number of carboxylic acids is 1. The highest BCUT2D eigenvalue weighted by molar-refractivity contribution is 9.10. The number of methoxy groups -OCH3 is 1. The Morgan fingerprint density at radius 2 is 2.29 bits per heavy atom. The summed E-state index contributed by atoms with van der Waals surface area (Å²) in [7, 11) is 1.60. The number of rotatable bonds is 3. The molecule has 0 saturated carbocycles. The van der Waals surface area contributed by atoms with Crippen molar-refractivity contribution in [2.24, 2.45) is 0 Å². The highest BCUT2D eigenvalue weighted by atomic mass is 79.9. The smallest absolute Gasteiger partial charge is 0.356 e. The third-order valence-electron chi connectivity index (χ3n) is 2.56. The standard InChI is InChI=1S/C11H11BrN2O3/c1-6(17-2)8-3-7(12)4-14-5-9(11(15)16)13-10(8)14/h3-6H,1-2H3,(H,15,16). The first-order valence-corrected chi connectivity index (χ1v) is 5.76. The predicted molar refractivity (Wildman–Crippen MR) is 65.3 cm³/mol. The van der Waals surface area contributed by atoms with Gasteiger partial charge in [-0.05, 0) is 28.9 Å². The number of ether oxygens (including phenoxy) is 1. The first-order chi connectivity index (χ1) is 8.02. The van der Waals surface area contributed by atoms with Crippen LogP contribution in [0.15, 0.2) is 22.9 Å². The Morgan fingerprint density at radius 1 is 1.59 bits per heavy atom. The number of aromatic carboxylic acids is 1. The lowest BCUT2D eigenvalue weighted by Crippen LogP contribution is -2.00. The summed E-state index contributed by atoms with van der Waals surface area (Å²) in [5.41, 5.74) is 1.46. The van der Waals surface area contributed by atoms with E-state index in [0.29, 0.717) is 5.65 Å². The largest absolute Gasteiger partial charge is 0.476 e. The van der Waals surface area contributed by atoms with Crippen molar-refractivity contribution in [2.75, 3.05) is 7.11 Å². The first kappa shape index (κ1) is 12.1. The van der Waals surface area contributed by atoms with Gasteiger partial charge in [-0.1, -0.05) is 0 Å². The molecule has 0 aromatic carbocycles. The van der Waals surface area contributed by atoms with Gasteiger partial charge < -0.3 is 14.2 Å². The Hall–Kier alpha value is -1.40. The third-order valence-corrected chi connectivity index (χ3v) is 2.99. The molecular weight excluding hydrogens is 288 g/mol. The summed E-state index contributed by atoms with van der Waals surface area (Å²) in [6, 6.07) is 1.88. The Morgan fingerprint density at radius 3 is 2.88 bits per heavy atom. The Balaban J connectivity index is 2.69. The Labute approximate surface area is 106 Å². The van der Waals surface area contributed by atoms with Crippen molar-refractivity contribution in [1.29, 1.82) is 0 Å². The molecule has 0 saturated heterocycles. The third kappa shape index (κ3) is 2.18. The van der Waals surface area contributed by atoms with Gasteiger partial charge in [-0.2, -0.15) is 0 Å². The van der Waals surface area contributed by atoms with Crippen molar-refractivity contribution < 1.29 is 14.6 Å². The summed E-state index contributed by atoms with van der Waals surface area (Å²) in [6.45, 7) is 1.89. The molecule has 1 atom stereocenters. The van der Waals surface area contributed by atoms with E-state index in [2.05, 4.69) is 20.9 Å². The fourth-order valence-electron chi connectivity index (χ4n) is 1.62. The highest BCUT2D eigenvalue weighted by Gasteiger charge is 2.15. The molecule has 2 heterocycles. The fourth-order valence-corrected chi connectivity index (χ4v) is 2.09. The molecule has 5 nitrogen and oxygen atoms in total. The maximum Gasteiger partial charge on any atom is 0.356 e. The quantitative estimate of drug-likeness (QED) is 0.945. The number of carbonyl (C=O) groups is 1. The molecule has 2 aromatic heterocycles. The molecule has 2 aromatic rings. The lowest BCUT2D eigenvalue weighted by Gasteiger charge is -2.11. The molecule has 1 N–H and O–H groups in total. The number of halogens is 1. The van der Waals surface area contributed by atoms with Crippen molar-refractivity contribution in [1.82, 2.24) is 9.38 Å². The zero-order valence-corrected chi connectivity index (χ0v) is 10.9. The average Bonchev–Trinajstić information content (AvgIpc) is 2.70. The molecule has 17 heavy (non-hydrogen) atoms. The lowest BCUT2D eigenvalue weighted by atomic mass is 10.2. The van der Waals surface area contributed by atoms with Gasteiger partial charge in [0.2, 0.25) is 0 Å². The number of fused-ring (bicyclic) bond motifs is 1. The van der Waals surface area contributed by atoms with Crippen LogP contribution in [0.1, 0.15) is 29.1 Å². The van der Waals surface area contributed by atoms with Crippen LogP contribution in [0.3, 0.4) is 0 Å². The van der Waals surface area contributed by atoms with E-state index >= 15 is 0 Å². The summed E-state index contributed by atoms with van der Waals surface area (Å²) in [5, 5.41) is 8.92. The van der Waals surface area contributed by atoms with Crippen LogP contribution in [0, 0.1) is 0 Å². The Kier molecular flexibility index (Phi) is 3.17. The summed E-state index contributed by atoms with van der Waals surface area (Å²) in [6.07, 6.45) is 3.09. The molecule has 0 radical (unpaired) electrons. The molecular formula is C11H11BrN2O3. The highest BCUT2D eigenvalue weighted by Crippen LogP contribution is 2.25. The monoisotopic (exact) mass is 298 g/mol. The summed E-state index contributed by atoms with van der Waals surface area (Å²) < 4.78 is 7.77. The van der Waals surface area contributed by atoms with Crippen LogP contribution in [-0.2, 0) is 4.74 Å². The van der Waals surface area contributed by atoms with Crippen molar-refractivity contribution >= 4 is 27.5 Å². The molecule has 90 valence electrons. The van der Waals surface area contributed by atoms with E-state index in [9.17, 15) is 4.79 Å². The van der Waals surface area contributed by atoms with Gasteiger partial charge in [-0.25, -0.2) is 9.78 Å². The van der Waals surface area contributed by atoms with Gasteiger partial charge in [0.15, 0.2) is 5.69 Å². The van der Waals surface area contributed by atoms with E-state index in [1.54, 1.807) is 17.7 Å². The molecule has 0 spiro atoms. The van der Waals surface area contributed by atoms with E-state index in [1.165, 1.54) is 6.20 Å². The van der Waals surface area contributed by atoms with Crippen LogP contribution >= 0.6 is 15.9 Å². The molecule has 2 rings (SSSR count). The topological polar surface area (TPSA) is 63.8 Å². The van der Waals surface area contributed by atoms with Gasteiger partial charge in [0.25, 0.3) is 0 Å². The predicted octanol–water partition coefficient (Wildman–Crippen LogP) is 2.50. The number of pyridine rings is 1. The number of nitrogens with zero attached hydrogens (tertiary/aromatic N) is 2. The maximum absolute atomic E-state index is 10.9. The van der Waals surface area contributed by atoms with Crippen LogP contribution in [-0.4, -0.2) is 27.6 Å². The van der Waals surface area contributed by atoms with E-state index in [-0.39, 0.29) is 11.8 Å². The van der Waals surface area contributed by atoms with Crippen molar-refractivity contribution in [3.8, 4) is 0 Å². The zero-order chi connectivity index (χ0) is 12.6. The van der Waals surface area contributed by atoms with Crippen LogP contribution in [0.2, 0.25) is 0 Å². The van der Waals surface area contributed by atoms with E-state index in [4.69, 9.17) is 9.84 Å². The molecule has 6 heteroatoms. The van der Waals surface area contributed by atoms with Gasteiger partial charge in [0, 0.05) is 29.5 Å². The molecule has 0 aliphatic heterocycles. The van der Waals surface area contributed by atoms with Gasteiger partial charge in [-0.15, -0.1) is 0 Å². The lowest BCUT2D eigenvalue weighted by molar-refractivity contribution is 0.0691. The van der Waals surface area contributed by atoms with Crippen molar-refractivity contribution in [2.45, 2.75) is 13.0 Å². The summed E-state index contributed by atoms with van der Waals surface area (Å²) in [4.78, 5) is 15.0. The SMILES string of the molecule is COC(C)c1cc(Br)cn2cc(C(=O)O)nc12. The fraction of sp³-hybridized carbons (Fsp3) is 0.273. The minimum atomic E-state index is -1.04.